The lowest BCUT2D eigenvalue weighted by Gasteiger charge is -2.30. The number of anilines is 1. The Morgan fingerprint density at radius 1 is 1.05 bits per heavy atom. The molecule has 4 heterocycles. The summed E-state index contributed by atoms with van der Waals surface area (Å²) in [7, 11) is 2.17. The van der Waals surface area contributed by atoms with E-state index in [0.717, 1.165) is 64.6 Å². The summed E-state index contributed by atoms with van der Waals surface area (Å²) in [6.45, 7) is 4.63. The van der Waals surface area contributed by atoms with Crippen molar-refractivity contribution in [1.29, 1.82) is 0 Å². The Hall–Kier alpha value is -4.04. The maximum absolute atomic E-state index is 14.0. The highest BCUT2D eigenvalue weighted by molar-refractivity contribution is 5.85. The predicted molar refractivity (Wildman–Crippen MR) is 150 cm³/mol. The van der Waals surface area contributed by atoms with Gasteiger partial charge in [0, 0.05) is 35.6 Å². The Bertz CT molecular complexity index is 1680. The minimum absolute atomic E-state index is 0.166. The normalized spacial score (nSPS) is 14.9. The molecule has 0 aliphatic carbocycles. The molecular weight excluding hydrogens is 479 g/mol. The third-order valence-electron chi connectivity index (χ3n) is 7.51. The van der Waals surface area contributed by atoms with Crippen LogP contribution >= 0.6 is 0 Å². The van der Waals surface area contributed by atoms with Gasteiger partial charge in [-0.2, -0.15) is 5.10 Å². The number of hydrogen-bond acceptors (Lipinski definition) is 5. The lowest BCUT2D eigenvalue weighted by molar-refractivity contribution is 0.264. The van der Waals surface area contributed by atoms with Crippen molar-refractivity contribution in [2.45, 2.75) is 38.8 Å². The highest BCUT2D eigenvalue weighted by Crippen LogP contribution is 2.25. The minimum Gasteiger partial charge on any atom is -0.381 e. The van der Waals surface area contributed by atoms with Gasteiger partial charge >= 0.3 is 0 Å². The van der Waals surface area contributed by atoms with E-state index in [1.807, 2.05) is 30.0 Å². The van der Waals surface area contributed by atoms with Gasteiger partial charge in [-0.3, -0.25) is 14.3 Å². The van der Waals surface area contributed by atoms with Crippen molar-refractivity contribution >= 4 is 27.5 Å². The Labute approximate surface area is 220 Å². The van der Waals surface area contributed by atoms with Crippen LogP contribution in [0, 0.1) is 12.7 Å². The van der Waals surface area contributed by atoms with Crippen LogP contribution in [0.3, 0.4) is 0 Å². The van der Waals surface area contributed by atoms with Crippen LogP contribution in [0.15, 0.2) is 71.8 Å². The summed E-state index contributed by atoms with van der Waals surface area (Å²) in [5.74, 6) is 0.279. The molecule has 38 heavy (non-hydrogen) atoms. The molecule has 0 saturated carbocycles. The molecule has 7 nitrogen and oxygen atoms in total. The zero-order valence-corrected chi connectivity index (χ0v) is 21.7. The molecule has 3 aromatic heterocycles. The quantitative estimate of drug-likeness (QED) is 0.351. The number of piperidine rings is 1. The van der Waals surface area contributed by atoms with Crippen LogP contribution in [-0.2, 0) is 13.0 Å². The number of fused-ring (bicyclic) bond motifs is 2. The first-order valence-electron chi connectivity index (χ1n) is 13.1. The molecule has 8 heteroatoms. The fourth-order valence-electron chi connectivity index (χ4n) is 5.33. The predicted octanol–water partition coefficient (Wildman–Crippen LogP) is 4.93. The van der Waals surface area contributed by atoms with E-state index >= 15 is 0 Å². The number of likely N-dealkylation sites (tertiary alicyclic amines) is 1. The van der Waals surface area contributed by atoms with E-state index in [2.05, 4.69) is 45.5 Å². The first-order chi connectivity index (χ1) is 18.4. The Morgan fingerprint density at radius 2 is 1.89 bits per heavy atom. The molecule has 0 spiro atoms. The number of hydrogen-bond donors (Lipinski definition) is 1. The fraction of sp³-hybridized carbons (Fsp3) is 0.300. The van der Waals surface area contributed by atoms with Gasteiger partial charge in [0.1, 0.15) is 5.82 Å². The van der Waals surface area contributed by atoms with E-state index in [0.29, 0.717) is 24.8 Å². The second kappa shape index (κ2) is 10.0. The van der Waals surface area contributed by atoms with Crippen LogP contribution in [0.25, 0.3) is 27.6 Å². The van der Waals surface area contributed by atoms with E-state index < -0.39 is 0 Å². The van der Waals surface area contributed by atoms with Crippen LogP contribution in [0.1, 0.15) is 24.0 Å². The summed E-state index contributed by atoms with van der Waals surface area (Å²) >= 11 is 0. The molecule has 0 atom stereocenters. The van der Waals surface area contributed by atoms with E-state index in [4.69, 9.17) is 0 Å². The molecule has 1 fully saturated rings. The minimum atomic E-state index is -0.305. The van der Waals surface area contributed by atoms with Crippen molar-refractivity contribution in [1.82, 2.24) is 24.2 Å². The van der Waals surface area contributed by atoms with Crippen LogP contribution in [0.2, 0.25) is 0 Å². The lowest BCUT2D eigenvalue weighted by atomic mass is 10.0. The number of halogens is 1. The van der Waals surface area contributed by atoms with Crippen LogP contribution in [-0.4, -0.2) is 50.4 Å². The monoisotopic (exact) mass is 510 g/mol. The van der Waals surface area contributed by atoms with Crippen molar-refractivity contribution < 1.29 is 4.39 Å². The van der Waals surface area contributed by atoms with Gasteiger partial charge in [-0.15, -0.1) is 0 Å². The molecule has 6 rings (SSSR count). The number of nitrogens with zero attached hydrogens (tertiary/aromatic N) is 5. The largest absolute Gasteiger partial charge is 0.381 e. The van der Waals surface area contributed by atoms with E-state index in [1.54, 1.807) is 12.1 Å². The summed E-state index contributed by atoms with van der Waals surface area (Å²) in [5, 5.41) is 10.3. The maximum atomic E-state index is 14.0. The van der Waals surface area contributed by atoms with Crippen molar-refractivity contribution in [3.63, 3.8) is 0 Å². The molecule has 0 amide bonds. The SMILES string of the molecule is Cc1cn(-c2ccc(=O)n(CCc3ccc4ncc(NC5CCN(C)CC5)cc4c3)n2)c2cc(F)ccc12. The highest BCUT2D eigenvalue weighted by atomic mass is 19.1. The van der Waals surface area contributed by atoms with Gasteiger partial charge in [-0.25, -0.2) is 9.07 Å². The van der Waals surface area contributed by atoms with Gasteiger partial charge in [-0.05, 0) is 99.9 Å². The van der Waals surface area contributed by atoms with Crippen molar-refractivity contribution in [2.75, 3.05) is 25.5 Å². The van der Waals surface area contributed by atoms with Gasteiger partial charge < -0.3 is 10.2 Å². The summed E-state index contributed by atoms with van der Waals surface area (Å²) in [6, 6.07) is 16.8. The smallest absolute Gasteiger partial charge is 0.266 e. The molecular formula is C30H31FN6O. The number of nitrogens with one attached hydrogen (secondary N) is 1. The van der Waals surface area contributed by atoms with Crippen LogP contribution < -0.4 is 10.9 Å². The van der Waals surface area contributed by atoms with Gasteiger partial charge in [0.15, 0.2) is 5.82 Å². The number of aryl methyl sites for hydroxylation is 3. The third-order valence-corrected chi connectivity index (χ3v) is 7.51. The topological polar surface area (TPSA) is 68.0 Å². The molecule has 0 radical (unpaired) electrons. The molecule has 5 aromatic rings. The average Bonchev–Trinajstić information content (AvgIpc) is 3.24. The van der Waals surface area contributed by atoms with Gasteiger partial charge in [-0.1, -0.05) is 6.07 Å². The Morgan fingerprint density at radius 3 is 2.74 bits per heavy atom. The highest BCUT2D eigenvalue weighted by Gasteiger charge is 2.16. The summed E-state index contributed by atoms with van der Waals surface area (Å²) in [6.07, 6.45) is 6.74. The average molecular weight is 511 g/mol. The van der Waals surface area contributed by atoms with Crippen LogP contribution in [0.4, 0.5) is 10.1 Å². The van der Waals surface area contributed by atoms with E-state index in [1.165, 1.54) is 22.9 Å². The van der Waals surface area contributed by atoms with E-state index in [-0.39, 0.29) is 11.4 Å². The first-order valence-corrected chi connectivity index (χ1v) is 13.1. The molecule has 0 unspecified atom stereocenters. The van der Waals surface area contributed by atoms with Crippen molar-refractivity contribution in [3.05, 3.63) is 94.3 Å². The fourth-order valence-corrected chi connectivity index (χ4v) is 5.33. The Balaban J connectivity index is 1.22. The molecule has 0 bridgehead atoms. The van der Waals surface area contributed by atoms with E-state index in [9.17, 15) is 9.18 Å². The van der Waals surface area contributed by atoms with Gasteiger partial charge in [0.05, 0.1) is 22.9 Å². The van der Waals surface area contributed by atoms with Crippen molar-refractivity contribution in [2.24, 2.45) is 0 Å². The molecule has 1 N–H and O–H groups in total. The number of rotatable bonds is 6. The summed E-state index contributed by atoms with van der Waals surface area (Å²) in [4.78, 5) is 19.6. The molecule has 2 aromatic carbocycles. The summed E-state index contributed by atoms with van der Waals surface area (Å²) in [5.41, 5.74) is 4.68. The molecule has 1 aliphatic rings. The van der Waals surface area contributed by atoms with Gasteiger partial charge in [0.2, 0.25) is 0 Å². The second-order valence-corrected chi connectivity index (χ2v) is 10.3. The number of pyridine rings is 1. The third kappa shape index (κ3) is 4.91. The zero-order chi connectivity index (χ0) is 26.2. The molecule has 1 saturated heterocycles. The number of benzene rings is 2. The zero-order valence-electron chi connectivity index (χ0n) is 21.7. The summed E-state index contributed by atoms with van der Waals surface area (Å²) < 4.78 is 17.3. The van der Waals surface area contributed by atoms with Crippen LogP contribution in [0.5, 0.6) is 0 Å². The lowest BCUT2D eigenvalue weighted by Crippen LogP contribution is -2.36. The maximum Gasteiger partial charge on any atom is 0.266 e. The second-order valence-electron chi connectivity index (χ2n) is 10.3. The van der Waals surface area contributed by atoms with Gasteiger partial charge in [0.25, 0.3) is 5.56 Å². The number of aromatic nitrogens is 4. The Kier molecular flexibility index (Phi) is 6.41. The molecule has 1 aliphatic heterocycles. The standard InChI is InChI=1S/C30H31FN6O/c1-20-19-36(28-17-23(31)4-5-26(20)28)29-7-8-30(38)37(34-29)14-9-21-3-6-27-22(15-21)16-25(18-32-27)33-24-10-12-35(2)13-11-24/h3-8,15-19,24,33H,9-14H2,1-2H3. The van der Waals surface area contributed by atoms with Crippen molar-refractivity contribution in [3.8, 4) is 5.82 Å². The first kappa shape index (κ1) is 24.3. The molecule has 194 valence electrons.